The van der Waals surface area contributed by atoms with Crippen molar-refractivity contribution in [1.82, 2.24) is 0 Å². The van der Waals surface area contributed by atoms with E-state index in [-0.39, 0.29) is 45.1 Å². The van der Waals surface area contributed by atoms with Gasteiger partial charge in [-0.05, 0) is 179 Å². The normalized spacial score (nSPS) is 17.1. The van der Waals surface area contributed by atoms with Crippen LogP contribution >= 0.6 is 0 Å². The maximum atomic E-state index is 2.75. The van der Waals surface area contributed by atoms with Crippen LogP contribution in [0.2, 0.25) is 0 Å². The van der Waals surface area contributed by atoms with Crippen LogP contribution in [0.1, 0.15) is 179 Å². The molecule has 0 spiro atoms. The lowest BCUT2D eigenvalue weighted by Crippen LogP contribution is -2.62. The molecular formula is C79H83BN2. The van der Waals surface area contributed by atoms with Gasteiger partial charge in [-0.3, -0.25) is 0 Å². The number of fused-ring (bicyclic) bond motifs is 6. The van der Waals surface area contributed by atoms with Crippen LogP contribution in [0.15, 0.2) is 194 Å². The standard InChI is InChI=1S/C79H83BN2/c1-51(2)54-43-70-72-71(44-54)82(73-60(52-27-19-15-20-28-52)45-58(46-61(73)53-29-21-16-22-30-53)79(13,14)56-33-25-18-26-34-56)68-38-35-57(78(11,12)55-31-23-17-24-32-55)47-66(68)80(72)67-49-64-65(77(9,10)42-41-76(64,7)8)50-69(67)81(70)59-36-37-62-63(48-59)75(5,6)40-39-74(62,3)4/h15-38,43-51H,39-42H2,1-14H3. The molecule has 0 saturated heterocycles. The van der Waals surface area contributed by atoms with E-state index in [0.717, 1.165) is 19.3 Å². The highest BCUT2D eigenvalue weighted by atomic mass is 15.2. The van der Waals surface area contributed by atoms with Crippen molar-refractivity contribution in [2.24, 2.45) is 0 Å². The molecule has 0 aromatic heterocycles. The molecule has 412 valence electrons. The zero-order valence-electron chi connectivity index (χ0n) is 51.4. The summed E-state index contributed by atoms with van der Waals surface area (Å²) in [5, 5.41) is 0. The lowest BCUT2D eigenvalue weighted by Gasteiger charge is -2.48. The van der Waals surface area contributed by atoms with Crippen molar-refractivity contribution in [2.45, 2.75) is 161 Å². The van der Waals surface area contributed by atoms with Gasteiger partial charge in [-0.25, -0.2) is 0 Å². The third-order valence-corrected chi connectivity index (χ3v) is 20.8. The minimum Gasteiger partial charge on any atom is -0.311 e. The van der Waals surface area contributed by atoms with Crippen molar-refractivity contribution in [1.29, 1.82) is 0 Å². The van der Waals surface area contributed by atoms with Gasteiger partial charge in [-0.2, -0.15) is 0 Å². The summed E-state index contributed by atoms with van der Waals surface area (Å²) >= 11 is 0. The van der Waals surface area contributed by atoms with Crippen LogP contribution in [0.4, 0.5) is 34.1 Å². The summed E-state index contributed by atoms with van der Waals surface area (Å²) in [4.78, 5) is 5.49. The van der Waals surface area contributed by atoms with Crippen molar-refractivity contribution >= 4 is 57.2 Å². The van der Waals surface area contributed by atoms with Crippen molar-refractivity contribution in [3.8, 4) is 22.3 Å². The Kier molecular flexibility index (Phi) is 12.6. The van der Waals surface area contributed by atoms with Crippen LogP contribution < -0.4 is 26.2 Å². The number of rotatable bonds is 9. The minimum absolute atomic E-state index is 0.00186. The molecular weight excluding hydrogens is 988 g/mol. The fraction of sp³-hybridized carbons (Fsp3) is 0.316. The first-order chi connectivity index (χ1) is 39.0. The molecule has 9 aromatic rings. The molecule has 0 fully saturated rings. The molecule has 3 heteroatoms. The van der Waals surface area contributed by atoms with Crippen molar-refractivity contribution in [2.75, 3.05) is 9.80 Å². The van der Waals surface area contributed by atoms with Gasteiger partial charge in [0.15, 0.2) is 0 Å². The Morgan fingerprint density at radius 3 is 1.33 bits per heavy atom. The predicted molar refractivity (Wildman–Crippen MR) is 353 cm³/mol. The second-order valence-corrected chi connectivity index (χ2v) is 28.9. The van der Waals surface area contributed by atoms with E-state index in [1.807, 2.05) is 0 Å². The van der Waals surface area contributed by atoms with Gasteiger partial charge in [0.25, 0.3) is 6.71 Å². The third-order valence-electron chi connectivity index (χ3n) is 20.8. The average Bonchev–Trinajstić information content (AvgIpc) is 0.918. The zero-order valence-corrected chi connectivity index (χ0v) is 51.4. The Morgan fingerprint density at radius 1 is 0.378 bits per heavy atom. The Bertz CT molecular complexity index is 3890. The predicted octanol–water partition coefficient (Wildman–Crippen LogP) is 19.6. The summed E-state index contributed by atoms with van der Waals surface area (Å²) in [7, 11) is 0. The lowest BCUT2D eigenvalue weighted by molar-refractivity contribution is 0.332. The van der Waals surface area contributed by atoms with E-state index in [2.05, 4.69) is 301 Å². The number of hydrogen-bond donors (Lipinski definition) is 0. The van der Waals surface area contributed by atoms with Gasteiger partial charge in [-0.1, -0.05) is 243 Å². The second-order valence-electron chi connectivity index (χ2n) is 28.9. The summed E-state index contributed by atoms with van der Waals surface area (Å²) in [5.74, 6) is 0.253. The minimum atomic E-state index is -0.309. The van der Waals surface area contributed by atoms with Crippen molar-refractivity contribution in [3.63, 3.8) is 0 Å². The molecule has 0 amide bonds. The monoisotopic (exact) mass is 1070 g/mol. The Labute approximate surface area is 491 Å². The van der Waals surface area contributed by atoms with Crippen LogP contribution in [-0.2, 0) is 32.5 Å². The van der Waals surface area contributed by atoms with Crippen LogP contribution in [-0.4, -0.2) is 6.71 Å². The number of nitrogens with zero attached hydrogens (tertiary/aromatic N) is 2. The molecule has 0 atom stereocenters. The quantitative estimate of drug-likeness (QED) is 0.133. The van der Waals surface area contributed by atoms with Gasteiger partial charge in [0.1, 0.15) is 0 Å². The summed E-state index contributed by atoms with van der Waals surface area (Å²) < 4.78 is 0. The van der Waals surface area contributed by atoms with Gasteiger partial charge in [0.05, 0.1) is 5.69 Å². The first kappa shape index (κ1) is 53.9. The molecule has 0 saturated carbocycles. The molecule has 4 aliphatic rings. The van der Waals surface area contributed by atoms with Crippen LogP contribution in [0.3, 0.4) is 0 Å². The Balaban J connectivity index is 1.20. The fourth-order valence-corrected chi connectivity index (χ4v) is 15.0. The first-order valence-electron chi connectivity index (χ1n) is 30.6. The van der Waals surface area contributed by atoms with Crippen LogP contribution in [0.25, 0.3) is 22.3 Å². The van der Waals surface area contributed by atoms with Gasteiger partial charge >= 0.3 is 0 Å². The molecule has 2 nitrogen and oxygen atoms in total. The maximum absolute atomic E-state index is 2.75. The fourth-order valence-electron chi connectivity index (χ4n) is 15.0. The highest BCUT2D eigenvalue weighted by Crippen LogP contribution is 2.56. The largest absolute Gasteiger partial charge is 0.311 e. The van der Waals surface area contributed by atoms with Gasteiger partial charge in [0, 0.05) is 50.4 Å². The first-order valence-corrected chi connectivity index (χ1v) is 30.6. The molecule has 2 heterocycles. The van der Waals surface area contributed by atoms with E-state index < -0.39 is 0 Å². The van der Waals surface area contributed by atoms with E-state index in [1.165, 1.54) is 129 Å². The number of anilines is 6. The van der Waals surface area contributed by atoms with E-state index in [9.17, 15) is 0 Å². The topological polar surface area (TPSA) is 6.48 Å². The van der Waals surface area contributed by atoms with E-state index >= 15 is 0 Å². The molecule has 2 aliphatic heterocycles. The molecule has 0 bridgehead atoms. The highest BCUT2D eigenvalue weighted by molar-refractivity contribution is 7.00. The van der Waals surface area contributed by atoms with Gasteiger partial charge in [0.2, 0.25) is 0 Å². The number of hydrogen-bond acceptors (Lipinski definition) is 2. The lowest BCUT2D eigenvalue weighted by atomic mass is 9.32. The molecule has 2 aliphatic carbocycles. The van der Waals surface area contributed by atoms with Crippen molar-refractivity contribution in [3.05, 3.63) is 244 Å². The van der Waals surface area contributed by atoms with E-state index in [1.54, 1.807) is 0 Å². The third kappa shape index (κ3) is 8.57. The molecule has 0 N–H and O–H groups in total. The average molecular weight is 1070 g/mol. The summed E-state index contributed by atoms with van der Waals surface area (Å²) in [6.07, 6.45) is 4.64. The molecule has 9 aromatic carbocycles. The molecule has 0 radical (unpaired) electrons. The summed E-state index contributed by atoms with van der Waals surface area (Å²) in [6, 6.07) is 75.7. The molecule has 13 rings (SSSR count). The maximum Gasteiger partial charge on any atom is 0.252 e. The molecule has 82 heavy (non-hydrogen) atoms. The van der Waals surface area contributed by atoms with E-state index in [0.29, 0.717) is 0 Å². The zero-order chi connectivity index (χ0) is 57.5. The second kappa shape index (κ2) is 19.1. The smallest absolute Gasteiger partial charge is 0.252 e. The molecule has 0 unspecified atom stereocenters. The van der Waals surface area contributed by atoms with Crippen molar-refractivity contribution < 1.29 is 0 Å². The van der Waals surface area contributed by atoms with Crippen LogP contribution in [0.5, 0.6) is 0 Å². The van der Waals surface area contributed by atoms with Crippen LogP contribution in [0, 0.1) is 0 Å². The van der Waals surface area contributed by atoms with Gasteiger partial charge < -0.3 is 9.80 Å². The Morgan fingerprint density at radius 2 is 0.817 bits per heavy atom. The van der Waals surface area contributed by atoms with Gasteiger partial charge in [-0.15, -0.1) is 0 Å². The highest BCUT2D eigenvalue weighted by Gasteiger charge is 2.49. The SMILES string of the molecule is CC(C)c1cc2c3c(c1)N(c1c(-c4ccccc4)cc(C(C)(C)c4ccccc4)cc1-c1ccccc1)c1ccc(C(C)(C)c4ccccc4)cc1B3c1cc3c(cc1N2c1ccc2c(c1)C(C)(C)CCC2(C)C)C(C)(C)CCC3(C)C. The summed E-state index contributed by atoms with van der Waals surface area (Å²) in [6.45, 7) is 34.3. The van der Waals surface area contributed by atoms with E-state index in [4.69, 9.17) is 0 Å². The Hall–Kier alpha value is -7.36. The number of benzene rings is 9. The summed E-state index contributed by atoms with van der Waals surface area (Å²) in [5.41, 5.74) is 28.5.